The molecule has 0 radical (unpaired) electrons. The highest BCUT2D eigenvalue weighted by Gasteiger charge is 2.15. The number of carboxylic acids is 1. The molecule has 1 aromatic heterocycles. The number of halogens is 1. The van der Waals surface area contributed by atoms with Crippen molar-refractivity contribution in [2.45, 2.75) is 20.4 Å². The van der Waals surface area contributed by atoms with E-state index in [1.807, 2.05) is 48.7 Å². The second-order valence-corrected chi connectivity index (χ2v) is 7.29. The van der Waals surface area contributed by atoms with E-state index in [0.29, 0.717) is 11.6 Å². The third kappa shape index (κ3) is 3.27. The Morgan fingerprint density at radius 3 is 2.46 bits per heavy atom. The van der Waals surface area contributed by atoms with E-state index >= 15 is 0 Å². The van der Waals surface area contributed by atoms with Crippen molar-refractivity contribution in [3.8, 4) is 11.1 Å². The molecular weight excluding hydrogens is 372 g/mol. The summed E-state index contributed by atoms with van der Waals surface area (Å²) in [6, 6.07) is 19.5. The van der Waals surface area contributed by atoms with Crippen LogP contribution in [0.3, 0.4) is 0 Å². The predicted octanol–water partition coefficient (Wildman–Crippen LogP) is 5.72. The quantitative estimate of drug-likeness (QED) is 0.484. The number of fused-ring (bicyclic) bond motifs is 1. The van der Waals surface area contributed by atoms with Gasteiger partial charge in [-0.25, -0.2) is 9.78 Å². The molecule has 3 aromatic carbocycles. The lowest BCUT2D eigenvalue weighted by Gasteiger charge is -2.11. The molecule has 4 aromatic rings. The van der Waals surface area contributed by atoms with Crippen LogP contribution in [0.4, 0.5) is 0 Å². The smallest absolute Gasteiger partial charge is 0.335 e. The van der Waals surface area contributed by atoms with Crippen LogP contribution in [0.5, 0.6) is 0 Å². The highest BCUT2D eigenvalue weighted by atomic mass is 35.5. The number of aromatic nitrogens is 2. The highest BCUT2D eigenvalue weighted by molar-refractivity contribution is 6.31. The van der Waals surface area contributed by atoms with Gasteiger partial charge in [0.15, 0.2) is 0 Å². The van der Waals surface area contributed by atoms with Crippen LogP contribution in [0.25, 0.3) is 22.2 Å². The standard InChI is InChI=1S/C23H19ClN2O2/c1-14-10-19(23(27)28)12-21-22(14)25-15(2)26(21)13-18-9-8-17(11-20(18)24)16-6-4-3-5-7-16/h3-12H,13H2,1-2H3,(H,27,28). The van der Waals surface area contributed by atoms with Gasteiger partial charge in [0.1, 0.15) is 5.82 Å². The number of aromatic carboxylic acids is 1. The van der Waals surface area contributed by atoms with Crippen LogP contribution in [0, 0.1) is 13.8 Å². The Kier molecular flexibility index (Phi) is 4.65. The van der Waals surface area contributed by atoms with Gasteiger partial charge in [-0.3, -0.25) is 0 Å². The lowest BCUT2D eigenvalue weighted by molar-refractivity contribution is 0.0697. The van der Waals surface area contributed by atoms with Gasteiger partial charge < -0.3 is 9.67 Å². The van der Waals surface area contributed by atoms with Crippen molar-refractivity contribution in [3.63, 3.8) is 0 Å². The summed E-state index contributed by atoms with van der Waals surface area (Å²) in [6.07, 6.45) is 0. The fraction of sp³-hybridized carbons (Fsp3) is 0.130. The second kappa shape index (κ2) is 7.13. The van der Waals surface area contributed by atoms with Gasteiger partial charge in [0, 0.05) is 5.02 Å². The topological polar surface area (TPSA) is 55.1 Å². The van der Waals surface area contributed by atoms with Crippen molar-refractivity contribution >= 4 is 28.6 Å². The first-order chi connectivity index (χ1) is 13.4. The zero-order valence-corrected chi connectivity index (χ0v) is 16.4. The molecule has 0 fully saturated rings. The molecule has 0 atom stereocenters. The number of aryl methyl sites for hydroxylation is 2. The van der Waals surface area contributed by atoms with E-state index in [4.69, 9.17) is 11.6 Å². The van der Waals surface area contributed by atoms with E-state index in [0.717, 1.165) is 39.1 Å². The molecule has 0 aliphatic rings. The molecule has 0 unspecified atom stereocenters. The maximum absolute atomic E-state index is 11.4. The predicted molar refractivity (Wildman–Crippen MR) is 112 cm³/mol. The van der Waals surface area contributed by atoms with Gasteiger partial charge in [0.25, 0.3) is 0 Å². The van der Waals surface area contributed by atoms with Crippen molar-refractivity contribution < 1.29 is 9.90 Å². The SMILES string of the molecule is Cc1cc(C(=O)O)cc2c1nc(C)n2Cc1ccc(-c2ccccc2)cc1Cl. The molecule has 1 N–H and O–H groups in total. The van der Waals surface area contributed by atoms with Crippen molar-refractivity contribution in [3.05, 3.63) is 88.2 Å². The van der Waals surface area contributed by atoms with Gasteiger partial charge in [-0.1, -0.05) is 54.1 Å². The lowest BCUT2D eigenvalue weighted by atomic mass is 10.0. The minimum absolute atomic E-state index is 0.261. The normalized spacial score (nSPS) is 11.1. The van der Waals surface area contributed by atoms with Gasteiger partial charge in [0.2, 0.25) is 0 Å². The van der Waals surface area contributed by atoms with E-state index in [1.165, 1.54) is 0 Å². The van der Waals surface area contributed by atoms with E-state index in [1.54, 1.807) is 12.1 Å². The Balaban J connectivity index is 1.76. The van der Waals surface area contributed by atoms with Gasteiger partial charge in [-0.05, 0) is 54.3 Å². The monoisotopic (exact) mass is 390 g/mol. The van der Waals surface area contributed by atoms with E-state index < -0.39 is 5.97 Å². The molecule has 0 aliphatic carbocycles. The summed E-state index contributed by atoms with van der Waals surface area (Å²) in [5.74, 6) is -0.121. The number of rotatable bonds is 4. The first-order valence-corrected chi connectivity index (χ1v) is 9.36. The van der Waals surface area contributed by atoms with Crippen molar-refractivity contribution in [1.82, 2.24) is 9.55 Å². The van der Waals surface area contributed by atoms with Crippen LogP contribution >= 0.6 is 11.6 Å². The fourth-order valence-electron chi connectivity index (χ4n) is 3.49. The summed E-state index contributed by atoms with van der Waals surface area (Å²) in [5.41, 5.74) is 5.87. The Labute approximate surface area is 168 Å². The molecule has 28 heavy (non-hydrogen) atoms. The number of carbonyl (C=O) groups is 1. The largest absolute Gasteiger partial charge is 0.478 e. The van der Waals surface area contributed by atoms with Gasteiger partial charge in [0.05, 0.1) is 23.1 Å². The Morgan fingerprint density at radius 2 is 1.79 bits per heavy atom. The maximum atomic E-state index is 11.4. The summed E-state index contributed by atoms with van der Waals surface area (Å²) in [4.78, 5) is 16.1. The lowest BCUT2D eigenvalue weighted by Crippen LogP contribution is -2.04. The zero-order chi connectivity index (χ0) is 19.8. The number of imidazole rings is 1. The van der Waals surface area contributed by atoms with Crippen LogP contribution < -0.4 is 0 Å². The van der Waals surface area contributed by atoms with E-state index in [9.17, 15) is 9.90 Å². The fourth-order valence-corrected chi connectivity index (χ4v) is 3.73. The van der Waals surface area contributed by atoms with E-state index in [2.05, 4.69) is 23.2 Å². The zero-order valence-electron chi connectivity index (χ0n) is 15.6. The minimum Gasteiger partial charge on any atom is -0.478 e. The summed E-state index contributed by atoms with van der Waals surface area (Å²) < 4.78 is 2.01. The molecule has 0 amide bonds. The third-order valence-electron chi connectivity index (χ3n) is 4.97. The number of hydrogen-bond acceptors (Lipinski definition) is 2. The molecule has 4 nitrogen and oxygen atoms in total. The van der Waals surface area contributed by atoms with Gasteiger partial charge in [-0.2, -0.15) is 0 Å². The Hall–Kier alpha value is -3.11. The molecule has 0 saturated heterocycles. The van der Waals surface area contributed by atoms with Crippen molar-refractivity contribution in [2.24, 2.45) is 0 Å². The summed E-state index contributed by atoms with van der Waals surface area (Å²) >= 11 is 6.58. The molecular formula is C23H19ClN2O2. The summed E-state index contributed by atoms with van der Waals surface area (Å²) in [7, 11) is 0. The Morgan fingerprint density at radius 1 is 1.04 bits per heavy atom. The molecule has 0 bridgehead atoms. The highest BCUT2D eigenvalue weighted by Crippen LogP contribution is 2.28. The van der Waals surface area contributed by atoms with Crippen molar-refractivity contribution in [1.29, 1.82) is 0 Å². The average Bonchev–Trinajstić information content (AvgIpc) is 3.00. The molecule has 140 valence electrons. The number of nitrogens with zero attached hydrogens (tertiary/aromatic N) is 2. The molecule has 0 spiro atoms. The van der Waals surface area contributed by atoms with Gasteiger partial charge in [-0.15, -0.1) is 0 Å². The third-order valence-corrected chi connectivity index (χ3v) is 5.32. The van der Waals surface area contributed by atoms with Crippen LogP contribution in [0.1, 0.15) is 27.3 Å². The minimum atomic E-state index is -0.944. The number of hydrogen-bond donors (Lipinski definition) is 1. The van der Waals surface area contributed by atoms with Crippen LogP contribution in [-0.4, -0.2) is 20.6 Å². The van der Waals surface area contributed by atoms with Crippen LogP contribution in [0.2, 0.25) is 5.02 Å². The van der Waals surface area contributed by atoms with E-state index in [-0.39, 0.29) is 5.56 Å². The first kappa shape index (κ1) is 18.3. The molecule has 4 rings (SSSR count). The number of carboxylic acid groups (broad SMARTS) is 1. The maximum Gasteiger partial charge on any atom is 0.335 e. The molecule has 0 aliphatic heterocycles. The average molecular weight is 391 g/mol. The first-order valence-electron chi connectivity index (χ1n) is 8.98. The van der Waals surface area contributed by atoms with Crippen LogP contribution in [-0.2, 0) is 6.54 Å². The van der Waals surface area contributed by atoms with Crippen LogP contribution in [0.15, 0.2) is 60.7 Å². The molecule has 1 heterocycles. The van der Waals surface area contributed by atoms with Crippen molar-refractivity contribution in [2.75, 3.05) is 0 Å². The Bertz CT molecular complexity index is 1200. The molecule has 0 saturated carbocycles. The summed E-state index contributed by atoms with van der Waals surface area (Å²) in [6.45, 7) is 4.33. The second-order valence-electron chi connectivity index (χ2n) is 6.88. The molecule has 5 heteroatoms. The number of benzene rings is 3. The summed E-state index contributed by atoms with van der Waals surface area (Å²) in [5, 5.41) is 10.1. The van der Waals surface area contributed by atoms with Gasteiger partial charge >= 0.3 is 5.97 Å².